The Kier molecular flexibility index (Phi) is 13.8. The Hall–Kier alpha value is -5.40. The minimum absolute atomic E-state index is 0.0898. The van der Waals surface area contributed by atoms with Crippen LogP contribution in [0.15, 0.2) is 86.0 Å². The van der Waals surface area contributed by atoms with Gasteiger partial charge >= 0.3 is 0 Å². The monoisotopic (exact) mass is 834 g/mol. The summed E-state index contributed by atoms with van der Waals surface area (Å²) in [4.78, 5) is 43.6. The van der Waals surface area contributed by atoms with Crippen molar-refractivity contribution in [1.82, 2.24) is 19.5 Å². The second-order valence-corrected chi connectivity index (χ2v) is 18.1. The standard InChI is InChI=1S/C47H58N6O6S/c1-4-6-23-48-43(54)32-53-42-31-36(47(56)49-24-7-5-2)17-21-40(42)45(34-12-9-8-10-13-34)46(53)35-15-19-39(20-16-35)59-33-37-30-38(52-25-11-14-44(52)55)18-22-41(37)50-26-28-51(29-27-50)60(3,57)58/h4-5,15-22,30-31,34H,1-2,6-14,23-29,32-33H2,3H3,(H,48,54)(H,49,56). The van der Waals surface area contributed by atoms with Gasteiger partial charge < -0.3 is 29.7 Å². The average Bonchev–Trinajstić information content (AvgIpc) is 3.83. The fourth-order valence-electron chi connectivity index (χ4n) is 8.92. The van der Waals surface area contributed by atoms with E-state index in [1.807, 2.05) is 47.4 Å². The van der Waals surface area contributed by atoms with E-state index in [1.54, 1.807) is 12.2 Å². The van der Waals surface area contributed by atoms with Gasteiger partial charge in [0.05, 0.1) is 17.5 Å². The summed E-state index contributed by atoms with van der Waals surface area (Å²) in [5, 5.41) is 7.09. The number of amides is 3. The van der Waals surface area contributed by atoms with Crippen molar-refractivity contribution in [3.05, 3.63) is 103 Å². The highest BCUT2D eigenvalue weighted by atomic mass is 32.2. The zero-order valence-electron chi connectivity index (χ0n) is 34.8. The molecule has 12 nitrogen and oxygen atoms in total. The largest absolute Gasteiger partial charge is 0.489 e. The molecule has 3 amide bonds. The number of hydrogen-bond donors (Lipinski definition) is 2. The zero-order valence-corrected chi connectivity index (χ0v) is 35.6. The first-order valence-electron chi connectivity index (χ1n) is 21.3. The molecular formula is C47H58N6O6S. The molecule has 1 aromatic heterocycles. The maximum atomic E-state index is 13.6. The fraction of sp³-hybridized carbons (Fsp3) is 0.426. The van der Waals surface area contributed by atoms with E-state index in [0.29, 0.717) is 82.3 Å². The molecule has 0 bridgehead atoms. The molecule has 1 saturated carbocycles. The van der Waals surface area contributed by atoms with Crippen LogP contribution in [0.4, 0.5) is 11.4 Å². The van der Waals surface area contributed by atoms with E-state index in [-0.39, 0.29) is 30.9 Å². The first-order valence-corrected chi connectivity index (χ1v) is 23.2. The normalized spacial score (nSPS) is 16.6. The van der Waals surface area contributed by atoms with Gasteiger partial charge in [-0.15, -0.1) is 13.2 Å². The summed E-state index contributed by atoms with van der Waals surface area (Å²) in [6.07, 6.45) is 13.1. The van der Waals surface area contributed by atoms with Crippen LogP contribution in [0, 0.1) is 0 Å². The molecule has 13 heteroatoms. The van der Waals surface area contributed by atoms with Gasteiger partial charge in [-0.2, -0.15) is 4.31 Å². The van der Waals surface area contributed by atoms with Crippen LogP contribution in [-0.2, 0) is 32.8 Å². The quantitative estimate of drug-likeness (QED) is 0.0854. The van der Waals surface area contributed by atoms with E-state index in [1.165, 1.54) is 22.5 Å². The SMILES string of the molecule is C=CCCNC(=O)Cn1c(-c2ccc(OCc3cc(N4CCCC4=O)ccc3N3CCN(S(C)(=O)=O)CC3)cc2)c(C2CCCCC2)c2ccc(C(=O)NCCC=C)cc21. The third kappa shape index (κ3) is 9.79. The molecular weight excluding hydrogens is 777 g/mol. The van der Waals surface area contributed by atoms with Gasteiger partial charge in [0.1, 0.15) is 18.9 Å². The Balaban J connectivity index is 1.22. The molecule has 2 N–H and O–H groups in total. The van der Waals surface area contributed by atoms with Gasteiger partial charge in [-0.1, -0.05) is 37.5 Å². The highest BCUT2D eigenvalue weighted by Crippen LogP contribution is 2.45. The first kappa shape index (κ1) is 42.7. The van der Waals surface area contributed by atoms with Crippen LogP contribution < -0.4 is 25.2 Å². The molecule has 2 aliphatic heterocycles. The third-order valence-corrected chi connectivity index (χ3v) is 13.3. The van der Waals surface area contributed by atoms with Crippen LogP contribution in [0.5, 0.6) is 5.75 Å². The van der Waals surface area contributed by atoms with Crippen LogP contribution in [0.2, 0.25) is 0 Å². The number of nitrogens with one attached hydrogen (secondary N) is 2. The number of carbonyl (C=O) groups excluding carboxylic acids is 3. The first-order chi connectivity index (χ1) is 29.0. The summed E-state index contributed by atoms with van der Waals surface area (Å²) in [5.41, 5.74) is 7.23. The summed E-state index contributed by atoms with van der Waals surface area (Å²) in [5.74, 6) is 0.793. The van der Waals surface area contributed by atoms with Gasteiger partial charge in [-0.05, 0) is 104 Å². The van der Waals surface area contributed by atoms with E-state index < -0.39 is 10.0 Å². The van der Waals surface area contributed by atoms with Crippen molar-refractivity contribution in [2.45, 2.75) is 76.9 Å². The van der Waals surface area contributed by atoms with E-state index in [2.05, 4.69) is 51.5 Å². The van der Waals surface area contributed by atoms with E-state index >= 15 is 0 Å². The zero-order chi connectivity index (χ0) is 42.2. The summed E-state index contributed by atoms with van der Waals surface area (Å²) in [6, 6.07) is 19.9. The number of fused-ring (bicyclic) bond motifs is 1. The summed E-state index contributed by atoms with van der Waals surface area (Å²) in [6.45, 7) is 11.4. The number of anilines is 2. The molecule has 0 unspecified atom stereocenters. The van der Waals surface area contributed by atoms with Crippen molar-refractivity contribution in [3.63, 3.8) is 0 Å². The predicted octanol–water partition coefficient (Wildman–Crippen LogP) is 7.14. The van der Waals surface area contributed by atoms with Gasteiger partial charge in [0.2, 0.25) is 21.8 Å². The smallest absolute Gasteiger partial charge is 0.251 e. The minimum atomic E-state index is -3.28. The summed E-state index contributed by atoms with van der Waals surface area (Å²) < 4.78 is 34.6. The van der Waals surface area contributed by atoms with Crippen LogP contribution >= 0.6 is 0 Å². The topological polar surface area (TPSA) is 133 Å². The van der Waals surface area contributed by atoms with Crippen molar-refractivity contribution in [2.75, 3.05) is 61.9 Å². The third-order valence-electron chi connectivity index (χ3n) is 12.0. The van der Waals surface area contributed by atoms with Crippen molar-refractivity contribution in [3.8, 4) is 17.0 Å². The predicted molar refractivity (Wildman–Crippen MR) is 239 cm³/mol. The van der Waals surface area contributed by atoms with Crippen LogP contribution in [0.3, 0.4) is 0 Å². The Morgan fingerprint density at radius 2 is 1.57 bits per heavy atom. The minimum Gasteiger partial charge on any atom is -0.489 e. The molecule has 3 aliphatic rings. The lowest BCUT2D eigenvalue weighted by atomic mass is 9.81. The van der Waals surface area contributed by atoms with Gasteiger partial charge in [-0.25, -0.2) is 8.42 Å². The van der Waals surface area contributed by atoms with Gasteiger partial charge in [0, 0.05) is 80.1 Å². The molecule has 0 spiro atoms. The van der Waals surface area contributed by atoms with Crippen molar-refractivity contribution >= 4 is 50.0 Å². The molecule has 4 aromatic rings. The highest BCUT2D eigenvalue weighted by Gasteiger charge is 2.29. The second kappa shape index (κ2) is 19.3. The highest BCUT2D eigenvalue weighted by molar-refractivity contribution is 7.88. The van der Waals surface area contributed by atoms with Crippen LogP contribution in [0.1, 0.15) is 85.2 Å². The molecule has 0 atom stereocenters. The molecule has 3 heterocycles. The lowest BCUT2D eigenvalue weighted by Crippen LogP contribution is -2.48. The van der Waals surface area contributed by atoms with Crippen molar-refractivity contribution in [1.29, 1.82) is 0 Å². The Bertz CT molecular complexity index is 2320. The Labute approximate surface area is 354 Å². The molecule has 318 valence electrons. The number of rotatable bonds is 17. The summed E-state index contributed by atoms with van der Waals surface area (Å²) in [7, 11) is -3.28. The molecule has 3 fully saturated rings. The number of piperazine rings is 1. The lowest BCUT2D eigenvalue weighted by Gasteiger charge is -2.36. The number of hydrogen-bond acceptors (Lipinski definition) is 7. The Morgan fingerprint density at radius 3 is 2.23 bits per heavy atom. The van der Waals surface area contributed by atoms with Crippen LogP contribution in [-0.4, -0.2) is 87.1 Å². The van der Waals surface area contributed by atoms with E-state index in [9.17, 15) is 22.8 Å². The van der Waals surface area contributed by atoms with Gasteiger partial charge in [0.25, 0.3) is 5.91 Å². The number of carbonyl (C=O) groups is 3. The second-order valence-electron chi connectivity index (χ2n) is 16.1. The fourth-order valence-corrected chi connectivity index (χ4v) is 9.74. The number of aromatic nitrogens is 1. The number of ether oxygens (including phenoxy) is 1. The molecule has 7 rings (SSSR count). The average molecular weight is 835 g/mol. The lowest BCUT2D eigenvalue weighted by molar-refractivity contribution is -0.121. The number of benzene rings is 3. The van der Waals surface area contributed by atoms with E-state index in [0.717, 1.165) is 71.2 Å². The molecule has 2 saturated heterocycles. The Morgan fingerprint density at radius 1 is 0.850 bits per heavy atom. The van der Waals surface area contributed by atoms with Crippen LogP contribution in [0.25, 0.3) is 22.2 Å². The number of nitrogens with zero attached hydrogens (tertiary/aromatic N) is 4. The van der Waals surface area contributed by atoms with Crippen molar-refractivity contribution < 1.29 is 27.5 Å². The van der Waals surface area contributed by atoms with Gasteiger partial charge in [0.15, 0.2) is 0 Å². The molecule has 3 aromatic carbocycles. The molecule has 1 aliphatic carbocycles. The van der Waals surface area contributed by atoms with Gasteiger partial charge in [-0.3, -0.25) is 14.4 Å². The summed E-state index contributed by atoms with van der Waals surface area (Å²) >= 11 is 0. The molecule has 0 radical (unpaired) electrons. The molecule has 60 heavy (non-hydrogen) atoms. The van der Waals surface area contributed by atoms with Crippen molar-refractivity contribution in [2.24, 2.45) is 0 Å². The maximum Gasteiger partial charge on any atom is 0.251 e. The number of sulfonamides is 1. The maximum absolute atomic E-state index is 13.6. The van der Waals surface area contributed by atoms with E-state index in [4.69, 9.17) is 4.74 Å².